The fourth-order valence-corrected chi connectivity index (χ4v) is 3.08. The molecule has 0 saturated heterocycles. The molecule has 0 aromatic heterocycles. The summed E-state index contributed by atoms with van der Waals surface area (Å²) in [6, 6.07) is 0. The predicted octanol–water partition coefficient (Wildman–Crippen LogP) is 5.58. The highest BCUT2D eigenvalue weighted by atomic mass is 15.1. The van der Waals surface area contributed by atoms with Gasteiger partial charge in [0.25, 0.3) is 0 Å². The maximum Gasteiger partial charge on any atom is 0.00191 e. The van der Waals surface area contributed by atoms with E-state index in [0.717, 1.165) is 24.9 Å². The minimum absolute atomic E-state index is 0.507. The van der Waals surface area contributed by atoms with Crippen molar-refractivity contribution in [3.8, 4) is 0 Å². The Balaban J connectivity index is 3.80. The predicted molar refractivity (Wildman–Crippen MR) is 106 cm³/mol. The van der Waals surface area contributed by atoms with Crippen molar-refractivity contribution < 1.29 is 0 Å². The van der Waals surface area contributed by atoms with Gasteiger partial charge in [-0.25, -0.2) is 0 Å². The lowest BCUT2D eigenvalue weighted by Gasteiger charge is -2.26. The molecule has 1 unspecified atom stereocenters. The fraction of sp³-hybridized carbons (Fsp3) is 1.00. The molecule has 0 rings (SSSR count). The lowest BCUT2D eigenvalue weighted by molar-refractivity contribution is 0.228. The molecule has 2 nitrogen and oxygen atoms in total. The Morgan fingerprint density at radius 3 is 2.09 bits per heavy atom. The first-order valence-electron chi connectivity index (χ1n) is 10.2. The van der Waals surface area contributed by atoms with E-state index in [1.165, 1.54) is 58.2 Å². The highest BCUT2D eigenvalue weighted by molar-refractivity contribution is 4.66. The van der Waals surface area contributed by atoms with E-state index in [2.05, 4.69) is 58.7 Å². The van der Waals surface area contributed by atoms with Gasteiger partial charge >= 0.3 is 0 Å². The first-order valence-corrected chi connectivity index (χ1v) is 10.2. The molecule has 0 aliphatic heterocycles. The summed E-state index contributed by atoms with van der Waals surface area (Å²) in [5.74, 6) is 1.50. The van der Waals surface area contributed by atoms with Crippen molar-refractivity contribution >= 4 is 0 Å². The summed E-state index contributed by atoms with van der Waals surface area (Å²) in [6.45, 7) is 22.4. The summed E-state index contributed by atoms with van der Waals surface area (Å²) in [5, 5.41) is 3.60. The SMILES string of the molecule is CCCN(CCCCCCC(C)(C)C)CC(C)CNCC(C)C. The molecule has 0 aromatic carbocycles. The van der Waals surface area contributed by atoms with Crippen LogP contribution in [-0.2, 0) is 0 Å². The van der Waals surface area contributed by atoms with Crippen LogP contribution in [-0.4, -0.2) is 37.6 Å². The molecular formula is C21H46N2. The van der Waals surface area contributed by atoms with Gasteiger partial charge in [0.1, 0.15) is 0 Å². The molecule has 0 bridgehead atoms. The van der Waals surface area contributed by atoms with E-state index in [4.69, 9.17) is 0 Å². The summed E-state index contributed by atoms with van der Waals surface area (Å²) in [5.41, 5.74) is 0.507. The minimum atomic E-state index is 0.507. The molecule has 0 aromatic rings. The summed E-state index contributed by atoms with van der Waals surface area (Å²) >= 11 is 0. The van der Waals surface area contributed by atoms with E-state index in [9.17, 15) is 0 Å². The Morgan fingerprint density at radius 2 is 1.52 bits per heavy atom. The van der Waals surface area contributed by atoms with E-state index < -0.39 is 0 Å². The zero-order chi connectivity index (χ0) is 17.7. The van der Waals surface area contributed by atoms with Gasteiger partial charge < -0.3 is 10.2 Å². The number of hydrogen-bond donors (Lipinski definition) is 1. The lowest BCUT2D eigenvalue weighted by atomic mass is 9.89. The van der Waals surface area contributed by atoms with E-state index in [0.29, 0.717) is 5.41 Å². The lowest BCUT2D eigenvalue weighted by Crippen LogP contribution is -2.35. The van der Waals surface area contributed by atoms with Gasteiger partial charge in [-0.3, -0.25) is 0 Å². The van der Waals surface area contributed by atoms with Gasteiger partial charge in [0.15, 0.2) is 0 Å². The molecule has 2 heteroatoms. The number of unbranched alkanes of at least 4 members (excludes halogenated alkanes) is 3. The van der Waals surface area contributed by atoms with Gasteiger partial charge in [-0.05, 0) is 62.7 Å². The number of hydrogen-bond acceptors (Lipinski definition) is 2. The molecule has 23 heavy (non-hydrogen) atoms. The number of rotatable bonds is 14. The third-order valence-corrected chi connectivity index (χ3v) is 4.31. The first-order chi connectivity index (χ1) is 10.7. The van der Waals surface area contributed by atoms with Crippen molar-refractivity contribution in [3.63, 3.8) is 0 Å². The third kappa shape index (κ3) is 16.6. The smallest absolute Gasteiger partial charge is 0.00191 e. The molecule has 140 valence electrons. The van der Waals surface area contributed by atoms with Crippen LogP contribution in [0.3, 0.4) is 0 Å². The van der Waals surface area contributed by atoms with Gasteiger partial charge in [0, 0.05) is 6.54 Å². The van der Waals surface area contributed by atoms with Crippen molar-refractivity contribution in [2.45, 2.75) is 87.0 Å². The molecule has 0 fully saturated rings. The van der Waals surface area contributed by atoms with Crippen LogP contribution >= 0.6 is 0 Å². The zero-order valence-electron chi connectivity index (χ0n) is 17.4. The summed E-state index contributed by atoms with van der Waals surface area (Å²) < 4.78 is 0. The molecule has 0 aliphatic carbocycles. The van der Waals surface area contributed by atoms with Gasteiger partial charge in [0.2, 0.25) is 0 Å². The van der Waals surface area contributed by atoms with Crippen LogP contribution in [0.25, 0.3) is 0 Å². The summed E-state index contributed by atoms with van der Waals surface area (Å²) in [6.07, 6.45) is 8.21. The van der Waals surface area contributed by atoms with Crippen molar-refractivity contribution in [3.05, 3.63) is 0 Å². The van der Waals surface area contributed by atoms with Gasteiger partial charge in [0.05, 0.1) is 0 Å². The van der Waals surface area contributed by atoms with E-state index in [1.54, 1.807) is 0 Å². The summed E-state index contributed by atoms with van der Waals surface area (Å²) in [7, 11) is 0. The van der Waals surface area contributed by atoms with Crippen molar-refractivity contribution in [1.82, 2.24) is 10.2 Å². The van der Waals surface area contributed by atoms with E-state index in [1.807, 2.05) is 0 Å². The zero-order valence-corrected chi connectivity index (χ0v) is 17.4. The molecule has 1 atom stereocenters. The molecule has 1 N–H and O–H groups in total. The van der Waals surface area contributed by atoms with Gasteiger partial charge in [-0.2, -0.15) is 0 Å². The Morgan fingerprint density at radius 1 is 0.870 bits per heavy atom. The maximum absolute atomic E-state index is 3.60. The topological polar surface area (TPSA) is 15.3 Å². The van der Waals surface area contributed by atoms with Gasteiger partial charge in [-0.1, -0.05) is 67.7 Å². The Kier molecular flexibility index (Phi) is 13.2. The highest BCUT2D eigenvalue weighted by Crippen LogP contribution is 2.22. The van der Waals surface area contributed by atoms with Crippen molar-refractivity contribution in [2.75, 3.05) is 32.7 Å². The second-order valence-electron chi connectivity index (χ2n) is 9.18. The normalized spacial score (nSPS) is 14.0. The van der Waals surface area contributed by atoms with Crippen LogP contribution in [0.1, 0.15) is 87.0 Å². The minimum Gasteiger partial charge on any atom is -0.316 e. The van der Waals surface area contributed by atoms with E-state index in [-0.39, 0.29) is 0 Å². The number of nitrogens with one attached hydrogen (secondary N) is 1. The average Bonchev–Trinajstić information content (AvgIpc) is 2.41. The molecule has 0 radical (unpaired) electrons. The standard InChI is InChI=1S/C21H46N2/c1-8-14-23(18-20(4)17-22-16-19(2)3)15-12-10-9-11-13-21(5,6)7/h19-20,22H,8-18H2,1-7H3. The summed E-state index contributed by atoms with van der Waals surface area (Å²) in [4.78, 5) is 2.69. The molecular weight excluding hydrogens is 280 g/mol. The second kappa shape index (κ2) is 13.2. The molecule has 0 spiro atoms. The second-order valence-corrected chi connectivity index (χ2v) is 9.18. The highest BCUT2D eigenvalue weighted by Gasteiger charge is 2.11. The van der Waals surface area contributed by atoms with E-state index >= 15 is 0 Å². The molecule has 0 saturated carbocycles. The molecule has 0 aliphatic rings. The number of nitrogens with zero attached hydrogens (tertiary/aromatic N) is 1. The van der Waals surface area contributed by atoms with Crippen LogP contribution in [0.5, 0.6) is 0 Å². The average molecular weight is 327 g/mol. The maximum atomic E-state index is 3.60. The largest absolute Gasteiger partial charge is 0.316 e. The third-order valence-electron chi connectivity index (χ3n) is 4.31. The molecule has 0 heterocycles. The fourth-order valence-electron chi connectivity index (χ4n) is 3.08. The van der Waals surface area contributed by atoms with Crippen LogP contribution < -0.4 is 5.32 Å². The van der Waals surface area contributed by atoms with Crippen molar-refractivity contribution in [1.29, 1.82) is 0 Å². The molecule has 0 amide bonds. The van der Waals surface area contributed by atoms with Crippen LogP contribution in [0.15, 0.2) is 0 Å². The van der Waals surface area contributed by atoms with Crippen molar-refractivity contribution in [2.24, 2.45) is 17.3 Å². The van der Waals surface area contributed by atoms with Crippen LogP contribution in [0.4, 0.5) is 0 Å². The monoisotopic (exact) mass is 326 g/mol. The first kappa shape index (κ1) is 22.9. The Labute approximate surface area is 147 Å². The van der Waals surface area contributed by atoms with Crippen LogP contribution in [0, 0.1) is 17.3 Å². The Hall–Kier alpha value is -0.0800. The Bertz CT molecular complexity index is 255. The van der Waals surface area contributed by atoms with Crippen LogP contribution in [0.2, 0.25) is 0 Å². The van der Waals surface area contributed by atoms with Gasteiger partial charge in [-0.15, -0.1) is 0 Å². The quantitative estimate of drug-likeness (QED) is 0.419.